The van der Waals surface area contributed by atoms with Crippen LogP contribution in [0.5, 0.6) is 0 Å². The zero-order chi connectivity index (χ0) is 9.81. The van der Waals surface area contributed by atoms with Gasteiger partial charge in [-0.05, 0) is 24.0 Å². The van der Waals surface area contributed by atoms with Gasteiger partial charge in [0.25, 0.3) is 0 Å². The van der Waals surface area contributed by atoms with Gasteiger partial charge in [-0.3, -0.25) is 0 Å². The summed E-state index contributed by atoms with van der Waals surface area (Å²) in [6.45, 7) is 4.80. The van der Waals surface area contributed by atoms with Gasteiger partial charge in [-0.1, -0.05) is 55.2 Å². The molecule has 0 spiro atoms. The van der Waals surface area contributed by atoms with Gasteiger partial charge in [0.2, 0.25) is 0 Å². The van der Waals surface area contributed by atoms with Crippen molar-refractivity contribution in [2.24, 2.45) is 0 Å². The molecule has 1 aromatic rings. The Labute approximate surface area is 87.0 Å². The highest BCUT2D eigenvalue weighted by Crippen LogP contribution is 2.62. The quantitative estimate of drug-likeness (QED) is 0.541. The number of hydrogen-bond acceptors (Lipinski definition) is 0. The third kappa shape index (κ3) is 1.15. The minimum absolute atomic E-state index is 0.487. The van der Waals surface area contributed by atoms with Gasteiger partial charge in [-0.15, -0.1) is 0 Å². The fraction of sp³-hybridized carbons (Fsp3) is 0.538. The molecule has 0 nitrogen and oxygen atoms in total. The largest absolute Gasteiger partial charge is 0.126 e. The third-order valence-electron chi connectivity index (χ3n) is 3.81. The summed E-state index contributed by atoms with van der Waals surface area (Å²) in [5.74, 6) is 0. The smallest absolute Gasteiger partial charge is 0.0666 e. The molecule has 2 unspecified atom stereocenters. The lowest BCUT2D eigenvalue weighted by Crippen LogP contribution is -2.42. The van der Waals surface area contributed by atoms with Crippen molar-refractivity contribution >= 4 is 7.28 Å². The van der Waals surface area contributed by atoms with Crippen LogP contribution in [0, 0.1) is 0 Å². The van der Waals surface area contributed by atoms with Crippen molar-refractivity contribution in [1.29, 1.82) is 0 Å². The summed E-state index contributed by atoms with van der Waals surface area (Å²) in [4.78, 5) is 0. The van der Waals surface area contributed by atoms with E-state index >= 15 is 0 Å². The van der Waals surface area contributed by atoms with Crippen LogP contribution in [0.1, 0.15) is 31.4 Å². The second-order valence-corrected chi connectivity index (χ2v) is 5.75. The lowest BCUT2D eigenvalue weighted by molar-refractivity contribution is 0.374. The first kappa shape index (κ1) is 8.58. The number of rotatable bonds is 0. The minimum atomic E-state index is 0.487. The second kappa shape index (κ2) is 2.45. The molecule has 2 aliphatic heterocycles. The average molecular weight is 183 g/mol. The SMILES string of the molecule is CC12[B]C(C)(Cc3ccccc3C1)C2. The molecule has 71 valence electrons. The van der Waals surface area contributed by atoms with Gasteiger partial charge >= 0.3 is 0 Å². The molecule has 1 saturated heterocycles. The van der Waals surface area contributed by atoms with Gasteiger partial charge in [-0.25, -0.2) is 0 Å². The molecular weight excluding hydrogens is 167 g/mol. The Balaban J connectivity index is 2.07. The van der Waals surface area contributed by atoms with Crippen LogP contribution in [-0.2, 0) is 12.8 Å². The summed E-state index contributed by atoms with van der Waals surface area (Å²) >= 11 is 0. The van der Waals surface area contributed by atoms with E-state index in [0.29, 0.717) is 10.6 Å². The lowest BCUT2D eigenvalue weighted by atomic mass is 9.25. The van der Waals surface area contributed by atoms with E-state index in [1.807, 2.05) is 0 Å². The first-order valence-electron chi connectivity index (χ1n) is 5.53. The fourth-order valence-electron chi connectivity index (χ4n) is 3.73. The highest BCUT2D eigenvalue weighted by molar-refractivity contribution is 6.48. The second-order valence-electron chi connectivity index (χ2n) is 5.75. The van der Waals surface area contributed by atoms with Crippen LogP contribution in [0.4, 0.5) is 0 Å². The van der Waals surface area contributed by atoms with E-state index in [1.165, 1.54) is 19.3 Å². The molecule has 1 heteroatoms. The molecule has 1 aliphatic carbocycles. The van der Waals surface area contributed by atoms with Crippen molar-refractivity contribution in [2.45, 2.75) is 43.7 Å². The Bertz CT molecular complexity index is 340. The van der Waals surface area contributed by atoms with Crippen LogP contribution in [-0.4, -0.2) is 7.28 Å². The summed E-state index contributed by atoms with van der Waals surface area (Å²) in [6, 6.07) is 8.96. The maximum absolute atomic E-state index is 2.58. The molecule has 2 heterocycles. The normalized spacial score (nSPS) is 39.0. The highest BCUT2D eigenvalue weighted by Gasteiger charge is 2.51. The molecule has 14 heavy (non-hydrogen) atoms. The molecule has 0 saturated carbocycles. The van der Waals surface area contributed by atoms with E-state index in [9.17, 15) is 0 Å². The highest BCUT2D eigenvalue weighted by atomic mass is 14.4. The monoisotopic (exact) mass is 183 g/mol. The molecule has 4 rings (SSSR count). The van der Waals surface area contributed by atoms with Crippen LogP contribution in [0.3, 0.4) is 0 Å². The Hall–Kier alpha value is -0.715. The van der Waals surface area contributed by atoms with Gasteiger partial charge in [0.1, 0.15) is 7.28 Å². The topological polar surface area (TPSA) is 0 Å². The molecular formula is C13H16B. The molecule has 1 fully saturated rings. The maximum Gasteiger partial charge on any atom is 0.126 e. The van der Waals surface area contributed by atoms with Gasteiger partial charge in [0, 0.05) is 0 Å². The van der Waals surface area contributed by atoms with E-state index < -0.39 is 0 Å². The predicted octanol–water partition coefficient (Wildman–Crippen LogP) is 3.25. The first-order chi connectivity index (χ1) is 6.59. The van der Waals surface area contributed by atoms with Gasteiger partial charge < -0.3 is 0 Å². The molecule has 1 aromatic carbocycles. The van der Waals surface area contributed by atoms with Crippen LogP contribution < -0.4 is 0 Å². The van der Waals surface area contributed by atoms with Gasteiger partial charge in [0.15, 0.2) is 0 Å². The van der Waals surface area contributed by atoms with E-state index in [0.717, 1.165) is 0 Å². The lowest BCUT2D eigenvalue weighted by Gasteiger charge is -2.51. The van der Waals surface area contributed by atoms with Crippen LogP contribution in [0.2, 0.25) is 10.6 Å². The molecule has 2 atom stereocenters. The van der Waals surface area contributed by atoms with Crippen LogP contribution in [0.15, 0.2) is 24.3 Å². The van der Waals surface area contributed by atoms with Gasteiger partial charge in [0.05, 0.1) is 0 Å². The Kier molecular flexibility index (Phi) is 1.50. The summed E-state index contributed by atoms with van der Waals surface area (Å²) in [6.07, 6.45) is 3.87. The zero-order valence-electron chi connectivity index (χ0n) is 9.01. The average Bonchev–Trinajstić information content (AvgIpc) is 2.22. The van der Waals surface area contributed by atoms with Crippen molar-refractivity contribution in [1.82, 2.24) is 0 Å². The molecule has 0 aromatic heterocycles. The van der Waals surface area contributed by atoms with Crippen molar-refractivity contribution in [3.63, 3.8) is 0 Å². The van der Waals surface area contributed by atoms with Crippen molar-refractivity contribution < 1.29 is 0 Å². The molecule has 3 aliphatic rings. The molecule has 0 amide bonds. The third-order valence-corrected chi connectivity index (χ3v) is 3.81. The molecule has 1 radical (unpaired) electrons. The van der Waals surface area contributed by atoms with Crippen molar-refractivity contribution in [2.75, 3.05) is 0 Å². The maximum atomic E-state index is 2.58. The van der Waals surface area contributed by atoms with E-state index in [-0.39, 0.29) is 0 Å². The zero-order valence-corrected chi connectivity index (χ0v) is 9.01. The minimum Gasteiger partial charge on any atom is -0.0666 e. The summed E-state index contributed by atoms with van der Waals surface area (Å²) in [5.41, 5.74) is 3.15. The van der Waals surface area contributed by atoms with Crippen LogP contribution >= 0.6 is 0 Å². The fourth-order valence-corrected chi connectivity index (χ4v) is 3.73. The Morgan fingerprint density at radius 1 is 1.00 bits per heavy atom. The summed E-state index contributed by atoms with van der Waals surface area (Å²) in [7, 11) is 2.58. The summed E-state index contributed by atoms with van der Waals surface area (Å²) < 4.78 is 0. The molecule has 0 N–H and O–H groups in total. The van der Waals surface area contributed by atoms with Crippen LogP contribution in [0.25, 0.3) is 0 Å². The Morgan fingerprint density at radius 3 is 1.86 bits per heavy atom. The van der Waals surface area contributed by atoms with E-state index in [4.69, 9.17) is 0 Å². The number of hydrogen-bond donors (Lipinski definition) is 0. The number of benzene rings is 1. The molecule has 2 bridgehead atoms. The van der Waals surface area contributed by atoms with Gasteiger partial charge in [-0.2, -0.15) is 0 Å². The standard InChI is InChI=1S/C13H16B/c1-12-7-10-5-3-4-6-11(10)8-13(2,9-12)14-12/h3-6H,7-9H2,1-2H3. The van der Waals surface area contributed by atoms with E-state index in [1.54, 1.807) is 11.1 Å². The van der Waals surface area contributed by atoms with Crippen molar-refractivity contribution in [3.8, 4) is 0 Å². The van der Waals surface area contributed by atoms with E-state index in [2.05, 4.69) is 45.4 Å². The first-order valence-corrected chi connectivity index (χ1v) is 5.53. The Morgan fingerprint density at radius 2 is 1.43 bits per heavy atom. The summed E-state index contributed by atoms with van der Waals surface area (Å²) in [5, 5.41) is 0.975. The van der Waals surface area contributed by atoms with Crippen molar-refractivity contribution in [3.05, 3.63) is 35.4 Å². The predicted molar refractivity (Wildman–Crippen MR) is 61.0 cm³/mol.